The predicted molar refractivity (Wildman–Crippen MR) is 114 cm³/mol. The van der Waals surface area contributed by atoms with Crippen LogP contribution in [0.1, 0.15) is 74.7 Å². The van der Waals surface area contributed by atoms with Crippen LogP contribution in [0.2, 0.25) is 0 Å². The van der Waals surface area contributed by atoms with Crippen molar-refractivity contribution in [3.05, 3.63) is 11.6 Å². The summed E-state index contributed by atoms with van der Waals surface area (Å²) in [5.74, 6) is -4.17. The average Bonchev–Trinajstić information content (AvgIpc) is 2.97. The zero-order valence-electron chi connectivity index (χ0n) is 19.6. The van der Waals surface area contributed by atoms with Crippen LogP contribution in [0, 0.1) is 39.9 Å². The molecule has 0 aromatic rings. The quantitative estimate of drug-likeness (QED) is 0.545. The van der Waals surface area contributed by atoms with Crippen LogP contribution in [-0.2, 0) is 19.2 Å². The number of hydrogen-bond acceptors (Lipinski definition) is 5. The highest BCUT2D eigenvalue weighted by Crippen LogP contribution is 2.72. The molecule has 5 nitrogen and oxygen atoms in total. The number of fused-ring (bicyclic) bond motifs is 1. The van der Waals surface area contributed by atoms with Crippen LogP contribution in [0.3, 0.4) is 0 Å². The van der Waals surface area contributed by atoms with E-state index >= 15 is 0 Å². The minimum atomic E-state index is -1.37. The third kappa shape index (κ3) is 2.77. The topological polar surface area (TPSA) is 88.5 Å². The molecule has 0 aliphatic heterocycles. The van der Waals surface area contributed by atoms with E-state index in [9.17, 15) is 24.3 Å². The smallest absolute Gasteiger partial charge is 0.164 e. The average molecular weight is 417 g/mol. The number of carbonyl (C=O) groups excluding carboxylic acids is 4. The standard InChI is InChI=1S/C25H36O5/c1-13(2)9-10-24-11-16-22(5,6)15(23(7,8)30)12-25(16,21(24)29)20(28)17(19(24)27)18(26)14(3)4/h9,14-17,30H,10-12H2,1-8H3/t15-,16-,17?,24?,25+/m0/s1. The van der Waals surface area contributed by atoms with Crippen molar-refractivity contribution in [3.8, 4) is 0 Å². The van der Waals surface area contributed by atoms with Crippen LogP contribution in [0.5, 0.6) is 0 Å². The number of aliphatic hydroxyl groups is 1. The summed E-state index contributed by atoms with van der Waals surface area (Å²) in [6.07, 6.45) is 2.61. The summed E-state index contributed by atoms with van der Waals surface area (Å²) < 4.78 is 0. The van der Waals surface area contributed by atoms with Crippen molar-refractivity contribution in [1.29, 1.82) is 0 Å². The summed E-state index contributed by atoms with van der Waals surface area (Å²) in [6.45, 7) is 14.6. The lowest BCUT2D eigenvalue weighted by Gasteiger charge is -2.41. The van der Waals surface area contributed by atoms with E-state index in [0.717, 1.165) is 5.57 Å². The van der Waals surface area contributed by atoms with Crippen molar-refractivity contribution in [3.63, 3.8) is 0 Å². The van der Waals surface area contributed by atoms with Gasteiger partial charge in [-0.05, 0) is 64.2 Å². The minimum absolute atomic E-state index is 0.206. The van der Waals surface area contributed by atoms with Gasteiger partial charge in [0, 0.05) is 5.92 Å². The SMILES string of the molecule is CC(C)=CCC12C[C@H]3C(C)(C)[C@@H](C(C)(C)O)C[C@@]3(C(=O)C(C(=O)C(C)C)C1=O)C2=O. The van der Waals surface area contributed by atoms with Gasteiger partial charge in [-0.25, -0.2) is 0 Å². The van der Waals surface area contributed by atoms with E-state index in [2.05, 4.69) is 0 Å². The van der Waals surface area contributed by atoms with Crippen molar-refractivity contribution in [1.82, 2.24) is 0 Å². The number of ketones is 4. The molecule has 30 heavy (non-hydrogen) atoms. The van der Waals surface area contributed by atoms with E-state index in [1.807, 2.05) is 33.8 Å². The number of hydrogen-bond donors (Lipinski definition) is 1. The normalized spacial score (nSPS) is 37.5. The third-order valence-corrected chi connectivity index (χ3v) is 8.31. The summed E-state index contributed by atoms with van der Waals surface area (Å²) in [7, 11) is 0. The Bertz CT molecular complexity index is 851. The lowest BCUT2D eigenvalue weighted by atomic mass is 9.57. The summed E-state index contributed by atoms with van der Waals surface area (Å²) in [5.41, 5.74) is -3.27. The fourth-order valence-corrected chi connectivity index (χ4v) is 6.82. The summed E-state index contributed by atoms with van der Waals surface area (Å²) in [6, 6.07) is 0. The molecule has 0 heterocycles. The first-order valence-electron chi connectivity index (χ1n) is 11.1. The molecule has 3 rings (SSSR count). The number of rotatable bonds is 5. The zero-order valence-corrected chi connectivity index (χ0v) is 19.6. The van der Waals surface area contributed by atoms with E-state index in [1.165, 1.54) is 0 Å². The van der Waals surface area contributed by atoms with Crippen LogP contribution in [0.15, 0.2) is 11.6 Å². The Morgan fingerprint density at radius 3 is 2.17 bits per heavy atom. The van der Waals surface area contributed by atoms with Crippen molar-refractivity contribution in [2.45, 2.75) is 80.3 Å². The Balaban J connectivity index is 2.25. The molecule has 3 saturated carbocycles. The Morgan fingerprint density at radius 1 is 1.13 bits per heavy atom. The van der Waals surface area contributed by atoms with Crippen LogP contribution >= 0.6 is 0 Å². The Hall–Kier alpha value is -1.62. The molecule has 2 bridgehead atoms. The van der Waals surface area contributed by atoms with E-state index < -0.39 is 45.2 Å². The maximum atomic E-state index is 14.0. The fourth-order valence-electron chi connectivity index (χ4n) is 6.82. The highest BCUT2D eigenvalue weighted by Gasteiger charge is 2.80. The molecule has 3 aliphatic carbocycles. The molecule has 166 valence electrons. The van der Waals surface area contributed by atoms with E-state index in [-0.39, 0.29) is 42.7 Å². The lowest BCUT2D eigenvalue weighted by Crippen LogP contribution is -2.59. The molecule has 0 aromatic carbocycles. The highest BCUT2D eigenvalue weighted by molar-refractivity contribution is 6.37. The second-order valence-corrected chi connectivity index (χ2v) is 11.6. The molecule has 1 N–H and O–H groups in total. The molecule has 2 unspecified atom stereocenters. The molecule has 0 amide bonds. The summed E-state index contributed by atoms with van der Waals surface area (Å²) in [5, 5.41) is 10.9. The van der Waals surface area contributed by atoms with E-state index in [0.29, 0.717) is 0 Å². The van der Waals surface area contributed by atoms with Crippen LogP contribution in [0.4, 0.5) is 0 Å². The molecule has 1 spiro atoms. The van der Waals surface area contributed by atoms with Gasteiger partial charge in [0.25, 0.3) is 0 Å². The Kier molecular flexibility index (Phi) is 5.14. The first kappa shape index (κ1) is 23.1. The van der Waals surface area contributed by atoms with Gasteiger partial charge >= 0.3 is 0 Å². The second kappa shape index (κ2) is 6.69. The maximum Gasteiger partial charge on any atom is 0.164 e. The maximum absolute atomic E-state index is 14.0. The highest BCUT2D eigenvalue weighted by atomic mass is 16.3. The van der Waals surface area contributed by atoms with Gasteiger partial charge in [0.05, 0.1) is 16.4 Å². The largest absolute Gasteiger partial charge is 0.390 e. The van der Waals surface area contributed by atoms with Crippen LogP contribution < -0.4 is 0 Å². The lowest BCUT2D eigenvalue weighted by molar-refractivity contribution is -0.161. The molecular weight excluding hydrogens is 380 g/mol. The third-order valence-electron chi connectivity index (χ3n) is 8.31. The molecule has 0 aromatic heterocycles. The van der Waals surface area contributed by atoms with Gasteiger partial charge in [-0.2, -0.15) is 0 Å². The fraction of sp³-hybridized carbons (Fsp3) is 0.760. The van der Waals surface area contributed by atoms with Gasteiger partial charge in [0.15, 0.2) is 23.1 Å². The van der Waals surface area contributed by atoms with Gasteiger partial charge in [-0.15, -0.1) is 0 Å². The molecule has 5 atom stereocenters. The van der Waals surface area contributed by atoms with Crippen LogP contribution in [0.25, 0.3) is 0 Å². The summed E-state index contributed by atoms with van der Waals surface area (Å²) >= 11 is 0. The molecular formula is C25H36O5. The van der Waals surface area contributed by atoms with E-state index in [4.69, 9.17) is 0 Å². The minimum Gasteiger partial charge on any atom is -0.390 e. The van der Waals surface area contributed by atoms with Gasteiger partial charge < -0.3 is 5.11 Å². The van der Waals surface area contributed by atoms with Crippen molar-refractivity contribution in [2.75, 3.05) is 0 Å². The van der Waals surface area contributed by atoms with Gasteiger partial charge in [0.2, 0.25) is 0 Å². The molecule has 3 fully saturated rings. The molecule has 3 aliphatic rings. The second-order valence-electron chi connectivity index (χ2n) is 11.6. The molecule has 0 radical (unpaired) electrons. The Morgan fingerprint density at radius 2 is 1.70 bits per heavy atom. The van der Waals surface area contributed by atoms with E-state index in [1.54, 1.807) is 27.7 Å². The van der Waals surface area contributed by atoms with Crippen LogP contribution in [-0.4, -0.2) is 33.8 Å². The molecule has 5 heteroatoms. The van der Waals surface area contributed by atoms with Gasteiger partial charge in [-0.1, -0.05) is 39.3 Å². The molecule has 0 saturated heterocycles. The van der Waals surface area contributed by atoms with Crippen molar-refractivity contribution >= 4 is 23.1 Å². The first-order valence-corrected chi connectivity index (χ1v) is 11.1. The van der Waals surface area contributed by atoms with Gasteiger partial charge in [-0.3, -0.25) is 19.2 Å². The monoisotopic (exact) mass is 416 g/mol. The number of Topliss-reactive ketones (excluding diaryl/α,β-unsaturated/α-hetero) is 4. The number of carbonyl (C=O) groups is 4. The van der Waals surface area contributed by atoms with Crippen molar-refractivity contribution < 1.29 is 24.3 Å². The Labute approximate surface area is 179 Å². The predicted octanol–water partition coefficient (Wildman–Crippen LogP) is 3.71. The first-order chi connectivity index (χ1) is 13.5. The summed E-state index contributed by atoms with van der Waals surface area (Å²) in [4.78, 5) is 54.5. The zero-order chi connectivity index (χ0) is 23.0. The number of allylic oxidation sites excluding steroid dienone is 2. The van der Waals surface area contributed by atoms with Gasteiger partial charge in [0.1, 0.15) is 5.92 Å². The van der Waals surface area contributed by atoms with Crippen molar-refractivity contribution in [2.24, 2.45) is 39.9 Å².